The second-order valence-corrected chi connectivity index (χ2v) is 8.83. The Balaban J connectivity index is 1.73. The molecule has 0 radical (unpaired) electrons. The summed E-state index contributed by atoms with van der Waals surface area (Å²) in [6.45, 7) is 3.75. The molecule has 0 saturated heterocycles. The number of nitrogens with zero attached hydrogens (tertiary/aromatic N) is 1. The molecule has 8 heteroatoms. The van der Waals surface area contributed by atoms with E-state index in [1.807, 2.05) is 91.0 Å². The first-order chi connectivity index (χ1) is 19.0. The lowest BCUT2D eigenvalue weighted by Gasteiger charge is -2.30. The van der Waals surface area contributed by atoms with Gasteiger partial charge in [-0.25, -0.2) is 9.59 Å². The van der Waals surface area contributed by atoms with Crippen molar-refractivity contribution in [3.63, 3.8) is 0 Å². The Morgan fingerprint density at radius 1 is 0.821 bits per heavy atom. The molecule has 2 atom stereocenters. The molecule has 0 unspecified atom stereocenters. The van der Waals surface area contributed by atoms with Crippen LogP contribution in [0.25, 0.3) is 0 Å². The minimum Gasteiger partial charge on any atom is -0.460 e. The van der Waals surface area contributed by atoms with Gasteiger partial charge in [0.25, 0.3) is 0 Å². The summed E-state index contributed by atoms with van der Waals surface area (Å²) in [6.07, 6.45) is 0.918. The monoisotopic (exact) mass is 530 g/mol. The molecule has 3 aromatic carbocycles. The van der Waals surface area contributed by atoms with E-state index in [1.54, 1.807) is 0 Å². The molecule has 0 aliphatic rings. The number of rotatable bonds is 14. The highest BCUT2D eigenvalue weighted by Gasteiger charge is 2.33. The first-order valence-corrected chi connectivity index (χ1v) is 12.6. The molecular formula is C31H34N2O6. The largest absolute Gasteiger partial charge is 0.460 e. The predicted octanol–water partition coefficient (Wildman–Crippen LogP) is 4.30. The molecule has 3 aromatic rings. The van der Waals surface area contributed by atoms with Crippen LogP contribution in [-0.2, 0) is 43.4 Å². The highest BCUT2D eigenvalue weighted by molar-refractivity contribution is 5.89. The van der Waals surface area contributed by atoms with Crippen LogP contribution >= 0.6 is 0 Å². The zero-order chi connectivity index (χ0) is 27.9. The zero-order valence-corrected chi connectivity index (χ0v) is 22.0. The van der Waals surface area contributed by atoms with Gasteiger partial charge in [-0.1, -0.05) is 104 Å². The van der Waals surface area contributed by atoms with Crippen LogP contribution in [0.1, 0.15) is 16.7 Å². The second kappa shape index (κ2) is 15.7. The van der Waals surface area contributed by atoms with Crippen LogP contribution < -0.4 is 5.32 Å². The van der Waals surface area contributed by atoms with Crippen molar-refractivity contribution in [3.8, 4) is 0 Å². The highest BCUT2D eigenvalue weighted by atomic mass is 16.5. The summed E-state index contributed by atoms with van der Waals surface area (Å²) in [4.78, 5) is 40.5. The Kier molecular flexibility index (Phi) is 11.8. The van der Waals surface area contributed by atoms with Gasteiger partial charge in [0.15, 0.2) is 0 Å². The number of benzene rings is 3. The molecule has 8 nitrogen and oxygen atoms in total. The lowest BCUT2D eigenvalue weighted by Crippen LogP contribution is -2.55. The SMILES string of the molecule is C=CCOC(=O)[C@H](Cc1ccccc1)N(C)C(=O)[C@H](COCc1ccccc1)NC(=O)OCc1ccccc1. The zero-order valence-electron chi connectivity index (χ0n) is 22.0. The van der Waals surface area contributed by atoms with Crippen LogP contribution in [-0.4, -0.2) is 55.2 Å². The number of hydrogen-bond donors (Lipinski definition) is 1. The van der Waals surface area contributed by atoms with Crippen molar-refractivity contribution in [2.24, 2.45) is 0 Å². The molecule has 1 N–H and O–H groups in total. The quantitative estimate of drug-likeness (QED) is 0.247. The summed E-state index contributed by atoms with van der Waals surface area (Å²) in [5.41, 5.74) is 2.57. The maximum Gasteiger partial charge on any atom is 0.408 e. The minimum atomic E-state index is -1.10. The Hall–Kier alpha value is -4.43. The van der Waals surface area contributed by atoms with Gasteiger partial charge >= 0.3 is 12.1 Å². The van der Waals surface area contributed by atoms with Gasteiger partial charge in [-0.3, -0.25) is 4.79 Å². The number of carbonyl (C=O) groups excluding carboxylic acids is 3. The number of carbonyl (C=O) groups is 3. The molecule has 0 saturated carbocycles. The van der Waals surface area contributed by atoms with E-state index in [-0.39, 0.29) is 32.8 Å². The summed E-state index contributed by atoms with van der Waals surface area (Å²) in [6, 6.07) is 25.9. The summed E-state index contributed by atoms with van der Waals surface area (Å²) in [7, 11) is 1.51. The minimum absolute atomic E-state index is 0.0137. The molecule has 204 valence electrons. The lowest BCUT2D eigenvalue weighted by atomic mass is 10.0. The fourth-order valence-electron chi connectivity index (χ4n) is 3.80. The van der Waals surface area contributed by atoms with Crippen molar-refractivity contribution >= 4 is 18.0 Å². The van der Waals surface area contributed by atoms with E-state index in [1.165, 1.54) is 18.0 Å². The number of ether oxygens (including phenoxy) is 3. The maximum atomic E-state index is 13.7. The molecule has 0 aliphatic heterocycles. The molecule has 0 aliphatic carbocycles. The van der Waals surface area contributed by atoms with E-state index < -0.39 is 30.1 Å². The molecule has 0 spiro atoms. The van der Waals surface area contributed by atoms with Crippen LogP contribution in [0.3, 0.4) is 0 Å². The normalized spacial score (nSPS) is 12.0. The summed E-state index contributed by atoms with van der Waals surface area (Å²) in [5, 5.41) is 2.61. The van der Waals surface area contributed by atoms with Crippen molar-refractivity contribution in [2.75, 3.05) is 20.3 Å². The number of hydrogen-bond acceptors (Lipinski definition) is 6. The fraction of sp³-hybridized carbons (Fsp3) is 0.258. The fourth-order valence-corrected chi connectivity index (χ4v) is 3.80. The first kappa shape index (κ1) is 29.1. The van der Waals surface area contributed by atoms with Gasteiger partial charge in [0.2, 0.25) is 5.91 Å². The van der Waals surface area contributed by atoms with E-state index in [4.69, 9.17) is 14.2 Å². The van der Waals surface area contributed by atoms with E-state index in [0.29, 0.717) is 0 Å². The average Bonchev–Trinajstić information content (AvgIpc) is 2.98. The molecular weight excluding hydrogens is 496 g/mol. The third kappa shape index (κ3) is 9.75. The van der Waals surface area contributed by atoms with Crippen molar-refractivity contribution < 1.29 is 28.6 Å². The van der Waals surface area contributed by atoms with E-state index in [9.17, 15) is 14.4 Å². The van der Waals surface area contributed by atoms with Crippen LogP contribution in [0.4, 0.5) is 4.79 Å². The number of esters is 1. The van der Waals surface area contributed by atoms with E-state index in [0.717, 1.165) is 16.7 Å². The van der Waals surface area contributed by atoms with Gasteiger partial charge in [-0.2, -0.15) is 0 Å². The summed E-state index contributed by atoms with van der Waals surface area (Å²) >= 11 is 0. The molecule has 0 heterocycles. The molecule has 2 amide bonds. The smallest absolute Gasteiger partial charge is 0.408 e. The van der Waals surface area contributed by atoms with Gasteiger partial charge in [0, 0.05) is 13.5 Å². The van der Waals surface area contributed by atoms with E-state index >= 15 is 0 Å². The summed E-state index contributed by atoms with van der Waals surface area (Å²) < 4.78 is 16.4. The highest BCUT2D eigenvalue weighted by Crippen LogP contribution is 2.13. The van der Waals surface area contributed by atoms with Crippen LogP contribution in [0.15, 0.2) is 104 Å². The van der Waals surface area contributed by atoms with Gasteiger partial charge < -0.3 is 24.4 Å². The molecule has 0 fully saturated rings. The van der Waals surface area contributed by atoms with Crippen LogP contribution in [0.2, 0.25) is 0 Å². The Morgan fingerprint density at radius 3 is 1.92 bits per heavy atom. The number of nitrogens with one attached hydrogen (secondary N) is 1. The van der Waals surface area contributed by atoms with Crippen LogP contribution in [0, 0.1) is 0 Å². The Morgan fingerprint density at radius 2 is 1.36 bits per heavy atom. The Labute approximate surface area is 229 Å². The van der Waals surface area contributed by atoms with E-state index in [2.05, 4.69) is 11.9 Å². The lowest BCUT2D eigenvalue weighted by molar-refractivity contribution is -0.154. The average molecular weight is 531 g/mol. The molecule has 39 heavy (non-hydrogen) atoms. The summed E-state index contributed by atoms with van der Waals surface area (Å²) in [5.74, 6) is -1.10. The predicted molar refractivity (Wildman–Crippen MR) is 148 cm³/mol. The third-order valence-corrected chi connectivity index (χ3v) is 5.90. The van der Waals surface area contributed by atoms with Crippen LogP contribution in [0.5, 0.6) is 0 Å². The second-order valence-electron chi connectivity index (χ2n) is 8.83. The molecule has 0 aromatic heterocycles. The van der Waals surface area contributed by atoms with Gasteiger partial charge in [0.1, 0.15) is 25.3 Å². The van der Waals surface area contributed by atoms with Gasteiger partial charge in [-0.15, -0.1) is 0 Å². The Bertz CT molecular complexity index is 1190. The molecule has 3 rings (SSSR count). The number of amides is 2. The third-order valence-electron chi connectivity index (χ3n) is 5.90. The topological polar surface area (TPSA) is 94.2 Å². The first-order valence-electron chi connectivity index (χ1n) is 12.6. The van der Waals surface area contributed by atoms with Crippen molar-refractivity contribution in [2.45, 2.75) is 31.7 Å². The maximum absolute atomic E-state index is 13.7. The van der Waals surface area contributed by atoms with Crippen molar-refractivity contribution in [1.29, 1.82) is 0 Å². The number of likely N-dealkylation sites (N-methyl/N-ethyl adjacent to an activating group) is 1. The van der Waals surface area contributed by atoms with Gasteiger partial charge in [0.05, 0.1) is 13.2 Å². The standard InChI is InChI=1S/C31H34N2O6/c1-3-19-38-30(35)28(20-24-13-7-4-8-14-24)33(2)29(34)27(23-37-21-25-15-9-5-10-16-25)32-31(36)39-22-26-17-11-6-12-18-26/h3-18,27-28H,1,19-23H2,2H3,(H,32,36)/t27-,28-/m0/s1. The van der Waals surface area contributed by atoms with Crippen molar-refractivity contribution in [3.05, 3.63) is 120 Å². The van der Waals surface area contributed by atoms with Gasteiger partial charge in [-0.05, 0) is 16.7 Å². The number of alkyl carbamates (subject to hydrolysis) is 1. The van der Waals surface area contributed by atoms with Crippen molar-refractivity contribution in [1.82, 2.24) is 10.2 Å². The molecule has 0 bridgehead atoms.